The van der Waals surface area contributed by atoms with Crippen molar-refractivity contribution in [2.24, 2.45) is 0 Å². The molecule has 162 valence electrons. The SMILES string of the molecule is CC.CC.CC.CC.CC.CCN(C)CCN(C)C.CN1CCCC1. The molecule has 0 unspecified atom stereocenters. The van der Waals surface area contributed by atoms with Crippen molar-refractivity contribution in [2.45, 2.75) is 89.0 Å². The van der Waals surface area contributed by atoms with Gasteiger partial charge in [-0.2, -0.15) is 0 Å². The lowest BCUT2D eigenvalue weighted by atomic mass is 10.4. The first kappa shape index (κ1) is 39.8. The van der Waals surface area contributed by atoms with Gasteiger partial charge in [0.05, 0.1) is 0 Å². The average Bonchev–Trinajstić information content (AvgIpc) is 3.19. The molecule has 0 spiro atoms. The zero-order valence-corrected chi connectivity index (χ0v) is 21.3. The largest absolute Gasteiger partial charge is 0.308 e. The lowest BCUT2D eigenvalue weighted by Crippen LogP contribution is -2.28. The van der Waals surface area contributed by atoms with Gasteiger partial charge in [0.2, 0.25) is 0 Å². The Bertz CT molecular complexity index is 133. The van der Waals surface area contributed by atoms with Gasteiger partial charge in [-0.15, -0.1) is 0 Å². The molecule has 0 aliphatic carbocycles. The van der Waals surface area contributed by atoms with Crippen molar-refractivity contribution in [1.82, 2.24) is 14.7 Å². The third kappa shape index (κ3) is 59.3. The first-order valence-electron chi connectivity index (χ1n) is 11.1. The highest BCUT2D eigenvalue weighted by molar-refractivity contribution is 4.59. The maximum atomic E-state index is 2.36. The summed E-state index contributed by atoms with van der Waals surface area (Å²) < 4.78 is 0. The Morgan fingerprint density at radius 2 is 0.960 bits per heavy atom. The maximum absolute atomic E-state index is 2.36. The van der Waals surface area contributed by atoms with Crippen LogP contribution < -0.4 is 0 Å². The van der Waals surface area contributed by atoms with E-state index in [1.807, 2.05) is 69.2 Å². The van der Waals surface area contributed by atoms with E-state index in [1.54, 1.807) is 0 Å². The van der Waals surface area contributed by atoms with E-state index in [0.29, 0.717) is 0 Å². The van der Waals surface area contributed by atoms with E-state index < -0.39 is 0 Å². The molecule has 0 N–H and O–H groups in total. The lowest BCUT2D eigenvalue weighted by Gasteiger charge is -2.16. The van der Waals surface area contributed by atoms with Crippen LogP contribution >= 0.6 is 0 Å². The van der Waals surface area contributed by atoms with E-state index in [-0.39, 0.29) is 0 Å². The van der Waals surface area contributed by atoms with Gasteiger partial charge < -0.3 is 14.7 Å². The van der Waals surface area contributed by atoms with Gasteiger partial charge in [0.1, 0.15) is 0 Å². The Morgan fingerprint density at radius 3 is 1.12 bits per heavy atom. The smallest absolute Gasteiger partial charge is 0.0106 e. The normalized spacial score (nSPS) is 11.4. The van der Waals surface area contributed by atoms with Crippen LogP contribution in [0.25, 0.3) is 0 Å². The Morgan fingerprint density at radius 1 is 0.640 bits per heavy atom. The highest BCUT2D eigenvalue weighted by atomic mass is 15.1. The minimum Gasteiger partial charge on any atom is -0.308 e. The second-order valence-electron chi connectivity index (χ2n) is 4.71. The molecule has 1 aliphatic rings. The molecular weight excluding hydrogens is 306 g/mol. The first-order valence-corrected chi connectivity index (χ1v) is 11.1. The van der Waals surface area contributed by atoms with Crippen LogP contribution in [0.1, 0.15) is 89.0 Å². The Balaban J connectivity index is -0.0000000491. The zero-order chi connectivity index (χ0) is 21.7. The minimum absolute atomic E-state index is 1.15. The third-order valence-corrected chi connectivity index (χ3v) is 2.80. The zero-order valence-electron chi connectivity index (χ0n) is 21.3. The van der Waals surface area contributed by atoms with Crippen molar-refractivity contribution in [1.29, 1.82) is 0 Å². The second-order valence-corrected chi connectivity index (χ2v) is 4.71. The summed E-state index contributed by atoms with van der Waals surface area (Å²) in [5.41, 5.74) is 0. The van der Waals surface area contributed by atoms with E-state index in [4.69, 9.17) is 0 Å². The molecule has 0 aromatic rings. The number of hydrogen-bond acceptors (Lipinski definition) is 3. The Kier molecular flexibility index (Phi) is 78.9. The number of rotatable bonds is 4. The summed E-state index contributed by atoms with van der Waals surface area (Å²) >= 11 is 0. The maximum Gasteiger partial charge on any atom is 0.0106 e. The van der Waals surface area contributed by atoms with Gasteiger partial charge >= 0.3 is 0 Å². The van der Waals surface area contributed by atoms with E-state index in [0.717, 1.165) is 13.1 Å². The van der Waals surface area contributed by atoms with Gasteiger partial charge in [0.15, 0.2) is 0 Å². The molecule has 0 atom stereocenters. The number of hydrogen-bond donors (Lipinski definition) is 0. The minimum atomic E-state index is 1.15. The molecule has 0 saturated carbocycles. The summed E-state index contributed by atoms with van der Waals surface area (Å²) in [6.07, 6.45) is 2.83. The van der Waals surface area contributed by atoms with Crippen LogP contribution in [0, 0.1) is 0 Å². The van der Waals surface area contributed by atoms with Crippen LogP contribution in [-0.2, 0) is 0 Å². The topological polar surface area (TPSA) is 9.72 Å². The molecular formula is C22H59N3. The van der Waals surface area contributed by atoms with Crippen LogP contribution in [0.5, 0.6) is 0 Å². The lowest BCUT2D eigenvalue weighted by molar-refractivity contribution is 0.292. The highest BCUT2D eigenvalue weighted by Crippen LogP contribution is 2.02. The van der Waals surface area contributed by atoms with Gasteiger partial charge in [-0.05, 0) is 60.7 Å². The molecule has 0 amide bonds. The van der Waals surface area contributed by atoms with Gasteiger partial charge in [0, 0.05) is 13.1 Å². The molecule has 0 aromatic carbocycles. The predicted octanol–water partition coefficient (Wildman–Crippen LogP) is 6.34. The van der Waals surface area contributed by atoms with E-state index >= 15 is 0 Å². The van der Waals surface area contributed by atoms with Crippen LogP contribution in [-0.4, -0.2) is 75.6 Å². The number of likely N-dealkylation sites (N-methyl/N-ethyl adjacent to an activating group) is 2. The van der Waals surface area contributed by atoms with Crippen molar-refractivity contribution >= 4 is 0 Å². The molecule has 1 rings (SSSR count). The van der Waals surface area contributed by atoms with Crippen LogP contribution in [0.3, 0.4) is 0 Å². The van der Waals surface area contributed by atoms with Crippen LogP contribution in [0.4, 0.5) is 0 Å². The van der Waals surface area contributed by atoms with Crippen LogP contribution in [0.15, 0.2) is 0 Å². The summed E-state index contributed by atoms with van der Waals surface area (Å²) in [4.78, 5) is 6.87. The van der Waals surface area contributed by atoms with Crippen molar-refractivity contribution in [3.8, 4) is 0 Å². The molecule has 0 radical (unpaired) electrons. The quantitative estimate of drug-likeness (QED) is 0.575. The molecule has 25 heavy (non-hydrogen) atoms. The summed E-state index contributed by atoms with van der Waals surface area (Å²) in [7, 11) is 8.52. The number of nitrogens with zero attached hydrogens (tertiary/aromatic N) is 3. The summed E-state index contributed by atoms with van der Waals surface area (Å²) in [6, 6.07) is 0. The Hall–Kier alpha value is -0.120. The standard InChI is InChI=1S/C7H18N2.C5H11N.5C2H6/c1-5-9(4)7-6-8(2)3;1-6-4-2-3-5-6;5*1-2/h5-7H2,1-4H3;2-5H2,1H3;5*1-2H3. The fraction of sp³-hybridized carbons (Fsp3) is 1.00. The molecule has 1 aliphatic heterocycles. The van der Waals surface area contributed by atoms with Gasteiger partial charge in [-0.1, -0.05) is 76.2 Å². The second kappa shape index (κ2) is 49.6. The molecule has 1 fully saturated rings. The van der Waals surface area contributed by atoms with Crippen molar-refractivity contribution in [3.63, 3.8) is 0 Å². The highest BCUT2D eigenvalue weighted by Gasteiger charge is 2.03. The fourth-order valence-electron chi connectivity index (χ4n) is 1.40. The Labute approximate surface area is 165 Å². The molecule has 0 bridgehead atoms. The van der Waals surface area contributed by atoms with Gasteiger partial charge in [0.25, 0.3) is 0 Å². The van der Waals surface area contributed by atoms with E-state index in [9.17, 15) is 0 Å². The summed E-state index contributed by atoms with van der Waals surface area (Å²) in [6.45, 7) is 28.3. The third-order valence-electron chi connectivity index (χ3n) is 2.80. The first-order chi connectivity index (χ1) is 12.1. The van der Waals surface area contributed by atoms with Gasteiger partial charge in [-0.25, -0.2) is 0 Å². The number of likely N-dealkylation sites (tertiary alicyclic amines) is 1. The van der Waals surface area contributed by atoms with Crippen molar-refractivity contribution in [3.05, 3.63) is 0 Å². The van der Waals surface area contributed by atoms with Crippen molar-refractivity contribution in [2.75, 3.05) is 60.9 Å². The van der Waals surface area contributed by atoms with E-state index in [1.165, 1.54) is 32.5 Å². The molecule has 3 nitrogen and oxygen atoms in total. The van der Waals surface area contributed by atoms with Crippen molar-refractivity contribution < 1.29 is 0 Å². The van der Waals surface area contributed by atoms with Gasteiger partial charge in [-0.3, -0.25) is 0 Å². The molecule has 1 saturated heterocycles. The molecule has 1 heterocycles. The fourth-order valence-corrected chi connectivity index (χ4v) is 1.40. The predicted molar refractivity (Wildman–Crippen MR) is 125 cm³/mol. The molecule has 3 heteroatoms. The monoisotopic (exact) mass is 365 g/mol. The van der Waals surface area contributed by atoms with E-state index in [2.05, 4.69) is 49.8 Å². The summed E-state index contributed by atoms with van der Waals surface area (Å²) in [5, 5.41) is 0. The average molecular weight is 366 g/mol. The molecule has 0 aromatic heterocycles. The van der Waals surface area contributed by atoms with Crippen LogP contribution in [0.2, 0.25) is 0 Å². The summed E-state index contributed by atoms with van der Waals surface area (Å²) in [5.74, 6) is 0.